The molecule has 2 aliphatic rings. The molecule has 0 spiro atoms. The zero-order chi connectivity index (χ0) is 17.1. The van der Waals surface area contributed by atoms with Gasteiger partial charge in [0.15, 0.2) is 0 Å². The SMILES string of the molecule is Cl.Cl.O=C(CN1CCNCC1)NC1Cc2ccccc2Sc2ccccc21. The predicted octanol–water partition coefficient (Wildman–Crippen LogP) is 3.30. The fraction of sp³-hybridized carbons (Fsp3) is 0.350. The van der Waals surface area contributed by atoms with Crippen LogP contribution in [0.1, 0.15) is 17.2 Å². The quantitative estimate of drug-likeness (QED) is 0.791. The highest BCUT2D eigenvalue weighted by atomic mass is 35.5. The maximum absolute atomic E-state index is 12.6. The van der Waals surface area contributed by atoms with Gasteiger partial charge in [-0.3, -0.25) is 9.69 Å². The molecule has 2 aromatic carbocycles. The molecular weight excluding hydrogens is 401 g/mol. The van der Waals surface area contributed by atoms with E-state index in [2.05, 4.69) is 64.1 Å². The Morgan fingerprint density at radius 1 is 1.04 bits per heavy atom. The first-order valence-corrected chi connectivity index (χ1v) is 9.68. The molecule has 2 N–H and O–H groups in total. The zero-order valence-corrected chi connectivity index (χ0v) is 17.5. The van der Waals surface area contributed by atoms with Crippen LogP contribution in [-0.4, -0.2) is 43.5 Å². The van der Waals surface area contributed by atoms with Gasteiger partial charge in [0, 0.05) is 36.0 Å². The number of amides is 1. The van der Waals surface area contributed by atoms with Crippen molar-refractivity contribution >= 4 is 42.5 Å². The molecule has 27 heavy (non-hydrogen) atoms. The highest BCUT2D eigenvalue weighted by Crippen LogP contribution is 2.40. The lowest BCUT2D eigenvalue weighted by atomic mass is 9.99. The summed E-state index contributed by atoms with van der Waals surface area (Å²) in [7, 11) is 0. The Morgan fingerprint density at radius 2 is 1.70 bits per heavy atom. The summed E-state index contributed by atoms with van der Waals surface area (Å²) >= 11 is 1.80. The number of nitrogens with one attached hydrogen (secondary N) is 2. The second-order valence-corrected chi connectivity index (χ2v) is 7.68. The fourth-order valence-corrected chi connectivity index (χ4v) is 4.66. The number of carbonyl (C=O) groups is 1. The smallest absolute Gasteiger partial charge is 0.234 e. The van der Waals surface area contributed by atoms with Gasteiger partial charge in [-0.15, -0.1) is 24.8 Å². The Kier molecular flexibility index (Phi) is 8.45. The Morgan fingerprint density at radius 3 is 2.48 bits per heavy atom. The van der Waals surface area contributed by atoms with E-state index in [-0.39, 0.29) is 36.8 Å². The van der Waals surface area contributed by atoms with Crippen molar-refractivity contribution in [2.24, 2.45) is 0 Å². The third-order valence-electron chi connectivity index (χ3n) is 4.82. The van der Waals surface area contributed by atoms with Crippen molar-refractivity contribution in [3.8, 4) is 0 Å². The van der Waals surface area contributed by atoms with Gasteiger partial charge in [0.2, 0.25) is 5.91 Å². The van der Waals surface area contributed by atoms with Gasteiger partial charge in [-0.25, -0.2) is 0 Å². The normalized spacial score (nSPS) is 18.7. The van der Waals surface area contributed by atoms with E-state index in [1.807, 2.05) is 0 Å². The summed E-state index contributed by atoms with van der Waals surface area (Å²) in [5, 5.41) is 6.61. The van der Waals surface area contributed by atoms with Gasteiger partial charge in [0.05, 0.1) is 12.6 Å². The van der Waals surface area contributed by atoms with E-state index < -0.39 is 0 Å². The topological polar surface area (TPSA) is 44.4 Å². The van der Waals surface area contributed by atoms with Crippen LogP contribution in [0.3, 0.4) is 0 Å². The summed E-state index contributed by atoms with van der Waals surface area (Å²) in [6, 6.07) is 17.0. The number of benzene rings is 2. The summed E-state index contributed by atoms with van der Waals surface area (Å²) in [5.41, 5.74) is 2.52. The average molecular weight is 426 g/mol. The first-order chi connectivity index (χ1) is 12.3. The Hall–Kier alpha value is -1.24. The molecule has 1 atom stereocenters. The zero-order valence-electron chi connectivity index (χ0n) is 15.0. The van der Waals surface area contributed by atoms with Crippen molar-refractivity contribution in [2.45, 2.75) is 22.3 Å². The number of halogens is 2. The average Bonchev–Trinajstić information content (AvgIpc) is 2.79. The first kappa shape index (κ1) is 22.1. The molecule has 0 radical (unpaired) electrons. The van der Waals surface area contributed by atoms with Gasteiger partial charge in [-0.2, -0.15) is 0 Å². The maximum atomic E-state index is 12.6. The van der Waals surface area contributed by atoms with Crippen LogP contribution in [0.2, 0.25) is 0 Å². The molecule has 1 amide bonds. The first-order valence-electron chi connectivity index (χ1n) is 8.87. The molecule has 0 aromatic heterocycles. The van der Waals surface area contributed by atoms with Crippen molar-refractivity contribution in [3.63, 3.8) is 0 Å². The minimum Gasteiger partial charge on any atom is -0.348 e. The lowest BCUT2D eigenvalue weighted by molar-refractivity contribution is -0.123. The van der Waals surface area contributed by atoms with E-state index in [0.717, 1.165) is 32.6 Å². The largest absolute Gasteiger partial charge is 0.348 e. The van der Waals surface area contributed by atoms with Gasteiger partial charge in [-0.1, -0.05) is 48.2 Å². The van der Waals surface area contributed by atoms with Crippen LogP contribution in [0, 0.1) is 0 Å². The second-order valence-electron chi connectivity index (χ2n) is 6.60. The van der Waals surface area contributed by atoms with Crippen LogP contribution in [0.25, 0.3) is 0 Å². The van der Waals surface area contributed by atoms with E-state index in [1.54, 1.807) is 11.8 Å². The number of rotatable bonds is 3. The number of carbonyl (C=O) groups excluding carboxylic acids is 1. The maximum Gasteiger partial charge on any atom is 0.234 e. The molecular formula is C20H25Cl2N3OS. The molecule has 0 aliphatic carbocycles. The van der Waals surface area contributed by atoms with Crippen LogP contribution in [0.4, 0.5) is 0 Å². The minimum absolute atomic E-state index is 0. The van der Waals surface area contributed by atoms with Crippen molar-refractivity contribution < 1.29 is 4.79 Å². The molecule has 2 aliphatic heterocycles. The summed E-state index contributed by atoms with van der Waals surface area (Å²) in [5.74, 6) is 0.117. The molecule has 146 valence electrons. The molecule has 4 rings (SSSR count). The fourth-order valence-electron chi connectivity index (χ4n) is 3.52. The van der Waals surface area contributed by atoms with Gasteiger partial charge in [0.1, 0.15) is 0 Å². The Labute approximate surface area is 177 Å². The van der Waals surface area contributed by atoms with E-state index in [4.69, 9.17) is 0 Å². The Balaban J connectivity index is 0.00000131. The van der Waals surface area contributed by atoms with Gasteiger partial charge in [0.25, 0.3) is 0 Å². The molecule has 0 bridgehead atoms. The molecule has 2 aromatic rings. The van der Waals surface area contributed by atoms with Crippen molar-refractivity contribution in [1.82, 2.24) is 15.5 Å². The lowest BCUT2D eigenvalue weighted by Crippen LogP contribution is -2.48. The minimum atomic E-state index is 0. The predicted molar refractivity (Wildman–Crippen MR) is 115 cm³/mol. The van der Waals surface area contributed by atoms with Gasteiger partial charge in [-0.05, 0) is 29.7 Å². The van der Waals surface area contributed by atoms with Gasteiger partial charge < -0.3 is 10.6 Å². The third kappa shape index (κ3) is 5.39. The number of hydrogen-bond acceptors (Lipinski definition) is 4. The standard InChI is InChI=1S/C20H23N3OS.2ClH/c24-20(14-23-11-9-21-10-12-23)22-17-13-15-5-1-3-7-18(15)25-19-8-4-2-6-16(17)19;;/h1-8,17,21H,9-14H2,(H,22,24);2*1H. The van der Waals surface area contributed by atoms with Crippen molar-refractivity contribution in [2.75, 3.05) is 32.7 Å². The Bertz CT molecular complexity index is 768. The molecule has 0 saturated carbocycles. The highest BCUT2D eigenvalue weighted by Gasteiger charge is 2.24. The molecule has 1 fully saturated rings. The van der Waals surface area contributed by atoms with E-state index in [0.29, 0.717) is 6.54 Å². The molecule has 2 heterocycles. The molecule has 7 heteroatoms. The summed E-state index contributed by atoms with van der Waals surface area (Å²) in [6.07, 6.45) is 0.841. The van der Waals surface area contributed by atoms with Crippen LogP contribution in [0.15, 0.2) is 58.3 Å². The van der Waals surface area contributed by atoms with Crippen LogP contribution in [-0.2, 0) is 11.2 Å². The molecule has 1 saturated heterocycles. The summed E-state index contributed by atoms with van der Waals surface area (Å²) in [4.78, 5) is 17.4. The van der Waals surface area contributed by atoms with E-state index >= 15 is 0 Å². The molecule has 4 nitrogen and oxygen atoms in total. The monoisotopic (exact) mass is 425 g/mol. The van der Waals surface area contributed by atoms with Crippen LogP contribution < -0.4 is 10.6 Å². The van der Waals surface area contributed by atoms with Crippen molar-refractivity contribution in [1.29, 1.82) is 0 Å². The number of nitrogens with zero attached hydrogens (tertiary/aromatic N) is 1. The number of fused-ring (bicyclic) bond motifs is 2. The van der Waals surface area contributed by atoms with E-state index in [1.165, 1.54) is 20.9 Å². The summed E-state index contributed by atoms with van der Waals surface area (Å²) < 4.78 is 0. The highest BCUT2D eigenvalue weighted by molar-refractivity contribution is 7.99. The number of piperazine rings is 1. The molecule has 1 unspecified atom stereocenters. The van der Waals surface area contributed by atoms with Crippen molar-refractivity contribution in [3.05, 3.63) is 59.7 Å². The van der Waals surface area contributed by atoms with Gasteiger partial charge >= 0.3 is 0 Å². The number of hydrogen-bond donors (Lipinski definition) is 2. The van der Waals surface area contributed by atoms with Crippen LogP contribution >= 0.6 is 36.6 Å². The second kappa shape index (κ2) is 10.3. The van der Waals surface area contributed by atoms with E-state index in [9.17, 15) is 4.79 Å². The third-order valence-corrected chi connectivity index (χ3v) is 6.03. The van der Waals surface area contributed by atoms with Crippen LogP contribution in [0.5, 0.6) is 0 Å². The summed E-state index contributed by atoms with van der Waals surface area (Å²) in [6.45, 7) is 4.28. The lowest BCUT2D eigenvalue weighted by Gasteiger charge is -2.27.